The molecule has 0 unspecified atom stereocenters. The van der Waals surface area contributed by atoms with Crippen molar-refractivity contribution >= 4 is 33.8 Å². The minimum atomic E-state index is -0.976. The number of phenols is 1. The third kappa shape index (κ3) is 11.8. The van der Waals surface area contributed by atoms with Crippen molar-refractivity contribution in [1.82, 2.24) is 5.32 Å². The maximum atomic E-state index is 13.8. The van der Waals surface area contributed by atoms with E-state index in [9.17, 15) is 19.5 Å². The molecule has 0 aliphatic rings. The first kappa shape index (κ1) is 32.3. The van der Waals surface area contributed by atoms with E-state index < -0.39 is 35.4 Å². The molecule has 2 N–H and O–H groups in total. The Kier molecular flexibility index (Phi) is 13.0. The Labute approximate surface area is 240 Å². The number of amides is 1. The van der Waals surface area contributed by atoms with Crippen LogP contribution in [0.2, 0.25) is 0 Å². The van der Waals surface area contributed by atoms with Crippen molar-refractivity contribution in [2.45, 2.75) is 78.6 Å². The summed E-state index contributed by atoms with van der Waals surface area (Å²) < 4.78 is 11.3. The summed E-state index contributed by atoms with van der Waals surface area (Å²) in [6.07, 6.45) is 1.81. The quantitative estimate of drug-likeness (QED) is 0.204. The van der Waals surface area contributed by atoms with Crippen LogP contribution in [0.3, 0.4) is 0 Å². The first-order valence-electron chi connectivity index (χ1n) is 13.5. The van der Waals surface area contributed by atoms with Crippen LogP contribution in [0.15, 0.2) is 54.6 Å². The predicted octanol–water partition coefficient (Wildman–Crippen LogP) is 5.96. The summed E-state index contributed by atoms with van der Waals surface area (Å²) in [5.74, 6) is -2.45. The molecule has 1 amide bonds. The fraction of sp³-hybridized carbons (Fsp3) is 0.516. The molecule has 0 aliphatic carbocycles. The van der Waals surface area contributed by atoms with E-state index in [1.165, 1.54) is 12.1 Å². The molecule has 0 aliphatic heterocycles. The van der Waals surface area contributed by atoms with Gasteiger partial charge in [0.15, 0.2) is 0 Å². The number of hydrogen-bond donors (Lipinski definition) is 2. The van der Waals surface area contributed by atoms with Crippen molar-refractivity contribution in [2.75, 3.05) is 5.33 Å². The largest absolute Gasteiger partial charge is 0.508 e. The summed E-state index contributed by atoms with van der Waals surface area (Å²) in [7, 11) is 0. The van der Waals surface area contributed by atoms with Gasteiger partial charge in [0.1, 0.15) is 24.0 Å². The highest BCUT2D eigenvalue weighted by atomic mass is 79.9. The SMILES string of the molecule is CC(C)C[C@@H](C(=O)N[C@@H](Cc1ccc(O)cc1)C(=O)OCc1ccccc1)[C@H](CCCBr)C(=O)OC(C)(C)C. The van der Waals surface area contributed by atoms with Gasteiger partial charge >= 0.3 is 11.9 Å². The molecule has 214 valence electrons. The number of phenolic OH excluding ortho intramolecular Hbond substituents is 1. The van der Waals surface area contributed by atoms with Crippen LogP contribution >= 0.6 is 15.9 Å². The number of halogens is 1. The van der Waals surface area contributed by atoms with E-state index in [1.54, 1.807) is 32.9 Å². The van der Waals surface area contributed by atoms with Gasteiger partial charge in [-0.2, -0.15) is 0 Å². The lowest BCUT2D eigenvalue weighted by molar-refractivity contribution is -0.164. The van der Waals surface area contributed by atoms with Crippen LogP contribution < -0.4 is 5.32 Å². The Morgan fingerprint density at radius 3 is 2.13 bits per heavy atom. The Morgan fingerprint density at radius 1 is 0.923 bits per heavy atom. The maximum Gasteiger partial charge on any atom is 0.329 e. The van der Waals surface area contributed by atoms with Crippen molar-refractivity contribution < 1.29 is 29.0 Å². The smallest absolute Gasteiger partial charge is 0.329 e. The maximum absolute atomic E-state index is 13.8. The average Bonchev–Trinajstić information content (AvgIpc) is 2.87. The number of carbonyl (C=O) groups excluding carboxylic acids is 3. The molecule has 2 rings (SSSR count). The number of nitrogens with one attached hydrogen (secondary N) is 1. The van der Waals surface area contributed by atoms with Crippen LogP contribution in [0, 0.1) is 17.8 Å². The van der Waals surface area contributed by atoms with Gasteiger partial charge in [-0.3, -0.25) is 9.59 Å². The molecule has 0 bridgehead atoms. The first-order chi connectivity index (χ1) is 18.4. The number of alkyl halides is 1. The molecule has 0 radical (unpaired) electrons. The Bertz CT molecular complexity index is 1050. The van der Waals surface area contributed by atoms with Crippen LogP contribution in [0.5, 0.6) is 5.75 Å². The fourth-order valence-electron chi connectivity index (χ4n) is 4.29. The van der Waals surface area contributed by atoms with Crippen molar-refractivity contribution in [2.24, 2.45) is 17.8 Å². The number of benzene rings is 2. The van der Waals surface area contributed by atoms with Crippen molar-refractivity contribution in [3.63, 3.8) is 0 Å². The normalized spacial score (nSPS) is 13.8. The van der Waals surface area contributed by atoms with Gasteiger partial charge in [0.25, 0.3) is 0 Å². The zero-order chi connectivity index (χ0) is 29.0. The van der Waals surface area contributed by atoms with Crippen LogP contribution in [0.25, 0.3) is 0 Å². The monoisotopic (exact) mass is 603 g/mol. The van der Waals surface area contributed by atoms with Crippen LogP contribution in [-0.2, 0) is 36.9 Å². The van der Waals surface area contributed by atoms with Gasteiger partial charge in [-0.05, 0) is 69.2 Å². The minimum Gasteiger partial charge on any atom is -0.508 e. The third-order valence-corrected chi connectivity index (χ3v) is 6.67. The van der Waals surface area contributed by atoms with E-state index in [-0.39, 0.29) is 30.6 Å². The summed E-state index contributed by atoms with van der Waals surface area (Å²) in [6, 6.07) is 14.8. The minimum absolute atomic E-state index is 0.0722. The second-order valence-corrected chi connectivity index (χ2v) is 12.0. The zero-order valence-corrected chi connectivity index (χ0v) is 25.2. The van der Waals surface area contributed by atoms with Crippen molar-refractivity contribution in [3.05, 3.63) is 65.7 Å². The number of rotatable bonds is 14. The molecule has 0 spiro atoms. The van der Waals surface area contributed by atoms with E-state index in [4.69, 9.17) is 9.47 Å². The molecule has 2 aromatic carbocycles. The zero-order valence-electron chi connectivity index (χ0n) is 23.6. The molecule has 39 heavy (non-hydrogen) atoms. The van der Waals surface area contributed by atoms with Crippen LogP contribution in [0.4, 0.5) is 0 Å². The Hall–Kier alpha value is -2.87. The Balaban J connectivity index is 2.32. The summed E-state index contributed by atoms with van der Waals surface area (Å²) in [6.45, 7) is 9.49. The van der Waals surface area contributed by atoms with Gasteiger partial charge in [0.2, 0.25) is 5.91 Å². The second kappa shape index (κ2) is 15.7. The van der Waals surface area contributed by atoms with Crippen molar-refractivity contribution in [3.8, 4) is 5.75 Å². The summed E-state index contributed by atoms with van der Waals surface area (Å²) in [5, 5.41) is 13.3. The molecule has 0 saturated heterocycles. The molecule has 2 aromatic rings. The lowest BCUT2D eigenvalue weighted by atomic mass is 9.81. The second-order valence-electron chi connectivity index (χ2n) is 11.2. The molecule has 0 saturated carbocycles. The lowest BCUT2D eigenvalue weighted by Crippen LogP contribution is -2.48. The molecule has 0 heterocycles. The highest BCUT2D eigenvalue weighted by Gasteiger charge is 2.38. The van der Waals surface area contributed by atoms with Crippen molar-refractivity contribution in [1.29, 1.82) is 0 Å². The molecular formula is C31H42BrNO6. The fourth-order valence-corrected chi connectivity index (χ4v) is 4.61. The van der Waals surface area contributed by atoms with Gasteiger partial charge in [0.05, 0.1) is 11.8 Å². The van der Waals surface area contributed by atoms with Crippen LogP contribution in [0.1, 0.15) is 65.0 Å². The lowest BCUT2D eigenvalue weighted by Gasteiger charge is -2.30. The predicted molar refractivity (Wildman–Crippen MR) is 155 cm³/mol. The molecule has 8 heteroatoms. The number of hydrogen-bond acceptors (Lipinski definition) is 6. The number of carbonyl (C=O) groups is 3. The number of aromatic hydroxyl groups is 1. The topological polar surface area (TPSA) is 102 Å². The van der Waals surface area contributed by atoms with Gasteiger partial charge < -0.3 is 19.9 Å². The van der Waals surface area contributed by atoms with E-state index in [0.717, 1.165) is 11.1 Å². The van der Waals surface area contributed by atoms with E-state index in [1.807, 2.05) is 44.2 Å². The average molecular weight is 605 g/mol. The molecule has 7 nitrogen and oxygen atoms in total. The molecule has 0 aromatic heterocycles. The van der Waals surface area contributed by atoms with E-state index >= 15 is 0 Å². The van der Waals surface area contributed by atoms with Gasteiger partial charge in [-0.15, -0.1) is 0 Å². The van der Waals surface area contributed by atoms with Gasteiger partial charge in [0, 0.05) is 11.8 Å². The van der Waals surface area contributed by atoms with E-state index in [0.29, 0.717) is 24.6 Å². The number of esters is 2. The summed E-state index contributed by atoms with van der Waals surface area (Å²) in [4.78, 5) is 40.3. The van der Waals surface area contributed by atoms with E-state index in [2.05, 4.69) is 21.2 Å². The standard InChI is InChI=1S/C31H42BrNO6/c1-21(2)18-26(25(12-9-17-32)29(36)39-31(3,4)5)28(35)33-27(19-22-13-15-24(34)16-14-22)30(37)38-20-23-10-7-6-8-11-23/h6-8,10-11,13-16,21,25-27,34H,9,12,17-20H2,1-5H3,(H,33,35)/t25-,26+,27-/m0/s1. The molecule has 3 atom stereocenters. The Morgan fingerprint density at radius 2 is 1.56 bits per heavy atom. The highest BCUT2D eigenvalue weighted by molar-refractivity contribution is 9.09. The van der Waals surface area contributed by atoms with Gasteiger partial charge in [-0.1, -0.05) is 72.2 Å². The van der Waals surface area contributed by atoms with Crippen LogP contribution in [-0.4, -0.2) is 39.9 Å². The summed E-state index contributed by atoms with van der Waals surface area (Å²) >= 11 is 3.43. The molecule has 0 fully saturated rings. The summed E-state index contributed by atoms with van der Waals surface area (Å²) in [5.41, 5.74) is 0.891. The highest BCUT2D eigenvalue weighted by Crippen LogP contribution is 2.29. The number of ether oxygens (including phenoxy) is 2. The molecular weight excluding hydrogens is 562 g/mol. The first-order valence-corrected chi connectivity index (χ1v) is 14.6. The van der Waals surface area contributed by atoms with Gasteiger partial charge in [-0.25, -0.2) is 4.79 Å². The third-order valence-electron chi connectivity index (χ3n) is 6.11.